The van der Waals surface area contributed by atoms with E-state index in [1.165, 1.54) is 77.0 Å². The average Bonchev–Trinajstić information content (AvgIpc) is 2.34. The molecule has 0 aromatic heterocycles. The summed E-state index contributed by atoms with van der Waals surface area (Å²) < 4.78 is 0. The molecule has 1 fully saturated rings. The monoisotopic (exact) mass is 224 g/mol. The van der Waals surface area contributed by atoms with E-state index in [2.05, 4.69) is 13.8 Å². The van der Waals surface area contributed by atoms with E-state index in [0.717, 1.165) is 11.8 Å². The van der Waals surface area contributed by atoms with Crippen molar-refractivity contribution in [2.75, 3.05) is 0 Å². The minimum Gasteiger partial charge on any atom is -0.0654 e. The van der Waals surface area contributed by atoms with Crippen molar-refractivity contribution >= 4 is 0 Å². The van der Waals surface area contributed by atoms with Gasteiger partial charge in [-0.1, -0.05) is 90.9 Å². The van der Waals surface area contributed by atoms with Gasteiger partial charge in [-0.2, -0.15) is 0 Å². The molecule has 1 aliphatic carbocycles. The molecule has 0 amide bonds. The first kappa shape index (κ1) is 14.1. The highest BCUT2D eigenvalue weighted by atomic mass is 14.2. The maximum absolute atomic E-state index is 2.49. The first-order valence-corrected chi connectivity index (χ1v) is 7.84. The van der Waals surface area contributed by atoms with Crippen LogP contribution in [0.1, 0.15) is 90.9 Å². The highest BCUT2D eigenvalue weighted by Crippen LogP contribution is 2.29. The molecule has 0 heterocycles. The predicted molar refractivity (Wildman–Crippen MR) is 73.7 cm³/mol. The van der Waals surface area contributed by atoms with Gasteiger partial charge >= 0.3 is 0 Å². The largest absolute Gasteiger partial charge is 0.0654 e. The summed E-state index contributed by atoms with van der Waals surface area (Å²) in [5.74, 6) is 2.02. The molecule has 0 radical (unpaired) electrons. The summed E-state index contributed by atoms with van der Waals surface area (Å²) in [6, 6.07) is 0. The zero-order valence-corrected chi connectivity index (χ0v) is 11.6. The molecule has 0 heteroatoms. The van der Waals surface area contributed by atoms with Crippen LogP contribution in [-0.2, 0) is 0 Å². The molecule has 0 aliphatic heterocycles. The maximum Gasteiger partial charge on any atom is -0.0388 e. The van der Waals surface area contributed by atoms with Crippen LogP contribution in [0.2, 0.25) is 0 Å². The summed E-state index contributed by atoms with van der Waals surface area (Å²) in [5, 5.41) is 0. The number of hydrogen-bond donors (Lipinski definition) is 0. The molecule has 1 unspecified atom stereocenters. The molecule has 0 aromatic carbocycles. The molecule has 1 aliphatic rings. The Morgan fingerprint density at radius 1 is 0.812 bits per heavy atom. The second-order valence-corrected chi connectivity index (χ2v) is 5.93. The second kappa shape index (κ2) is 9.07. The number of rotatable bonds is 3. The van der Waals surface area contributed by atoms with Crippen LogP contribution < -0.4 is 0 Å². The van der Waals surface area contributed by atoms with Crippen LogP contribution in [0.25, 0.3) is 0 Å². The van der Waals surface area contributed by atoms with Gasteiger partial charge in [-0.15, -0.1) is 0 Å². The summed E-state index contributed by atoms with van der Waals surface area (Å²) in [6.45, 7) is 4.83. The molecule has 96 valence electrons. The molecule has 1 rings (SSSR count). The Hall–Kier alpha value is 0. The van der Waals surface area contributed by atoms with Crippen molar-refractivity contribution in [3.8, 4) is 0 Å². The van der Waals surface area contributed by atoms with Gasteiger partial charge in [0.05, 0.1) is 0 Å². The van der Waals surface area contributed by atoms with Crippen LogP contribution in [0.5, 0.6) is 0 Å². The Labute approximate surface area is 103 Å². The zero-order chi connectivity index (χ0) is 11.6. The molecule has 0 aromatic rings. The van der Waals surface area contributed by atoms with Crippen molar-refractivity contribution in [2.45, 2.75) is 90.9 Å². The van der Waals surface area contributed by atoms with E-state index >= 15 is 0 Å². The van der Waals surface area contributed by atoms with E-state index in [4.69, 9.17) is 0 Å². The molecule has 0 nitrogen and oxygen atoms in total. The Kier molecular flexibility index (Phi) is 7.98. The standard InChI is InChI=1S/C16H32/c1-3-12-15(2)16-13-10-8-6-4-5-7-9-11-14-16/h15-16H,3-14H2,1-2H3. The van der Waals surface area contributed by atoms with Gasteiger partial charge in [0.2, 0.25) is 0 Å². The van der Waals surface area contributed by atoms with Crippen LogP contribution in [0.3, 0.4) is 0 Å². The van der Waals surface area contributed by atoms with Gasteiger partial charge in [0.15, 0.2) is 0 Å². The average molecular weight is 224 g/mol. The fraction of sp³-hybridized carbons (Fsp3) is 1.00. The van der Waals surface area contributed by atoms with Gasteiger partial charge < -0.3 is 0 Å². The normalized spacial score (nSPS) is 23.6. The van der Waals surface area contributed by atoms with Crippen LogP contribution in [-0.4, -0.2) is 0 Å². The van der Waals surface area contributed by atoms with E-state index in [0.29, 0.717) is 0 Å². The van der Waals surface area contributed by atoms with E-state index < -0.39 is 0 Å². The lowest BCUT2D eigenvalue weighted by Gasteiger charge is -2.23. The number of hydrogen-bond acceptors (Lipinski definition) is 0. The SMILES string of the molecule is CCCC(C)C1CCCCCCCCCC1. The van der Waals surface area contributed by atoms with Crippen molar-refractivity contribution in [1.29, 1.82) is 0 Å². The van der Waals surface area contributed by atoms with Crippen molar-refractivity contribution in [2.24, 2.45) is 11.8 Å². The molecule has 0 bridgehead atoms. The van der Waals surface area contributed by atoms with Crippen molar-refractivity contribution in [3.05, 3.63) is 0 Å². The Morgan fingerprint density at radius 2 is 1.25 bits per heavy atom. The summed E-state index contributed by atoms with van der Waals surface area (Å²) >= 11 is 0. The van der Waals surface area contributed by atoms with Gasteiger partial charge in [-0.3, -0.25) is 0 Å². The molecule has 1 atom stereocenters. The van der Waals surface area contributed by atoms with Crippen molar-refractivity contribution in [1.82, 2.24) is 0 Å². The smallest absolute Gasteiger partial charge is 0.0388 e. The minimum atomic E-state index is 0.978. The molecule has 0 N–H and O–H groups in total. The van der Waals surface area contributed by atoms with E-state index in [1.807, 2.05) is 0 Å². The summed E-state index contributed by atoms with van der Waals surface area (Å²) in [5.41, 5.74) is 0. The highest BCUT2D eigenvalue weighted by molar-refractivity contribution is 4.68. The summed E-state index contributed by atoms with van der Waals surface area (Å²) in [4.78, 5) is 0. The second-order valence-electron chi connectivity index (χ2n) is 5.93. The Morgan fingerprint density at radius 3 is 1.69 bits per heavy atom. The molecule has 1 saturated carbocycles. The lowest BCUT2D eigenvalue weighted by atomic mass is 9.82. The molecule has 16 heavy (non-hydrogen) atoms. The van der Waals surface area contributed by atoms with Crippen LogP contribution in [0, 0.1) is 11.8 Å². The van der Waals surface area contributed by atoms with E-state index in [9.17, 15) is 0 Å². The van der Waals surface area contributed by atoms with Crippen LogP contribution in [0.15, 0.2) is 0 Å². The van der Waals surface area contributed by atoms with Crippen LogP contribution in [0.4, 0.5) is 0 Å². The topological polar surface area (TPSA) is 0 Å². The molecular formula is C16H32. The third-order valence-corrected chi connectivity index (χ3v) is 4.45. The van der Waals surface area contributed by atoms with Gasteiger partial charge in [0, 0.05) is 0 Å². The molecular weight excluding hydrogens is 192 g/mol. The Balaban J connectivity index is 2.32. The first-order chi connectivity index (χ1) is 7.84. The van der Waals surface area contributed by atoms with Crippen molar-refractivity contribution in [3.63, 3.8) is 0 Å². The van der Waals surface area contributed by atoms with Gasteiger partial charge in [0.1, 0.15) is 0 Å². The first-order valence-electron chi connectivity index (χ1n) is 7.84. The summed E-state index contributed by atoms with van der Waals surface area (Å²) in [6.07, 6.45) is 17.8. The van der Waals surface area contributed by atoms with Crippen LogP contribution >= 0.6 is 0 Å². The third kappa shape index (κ3) is 5.92. The maximum atomic E-state index is 2.49. The molecule has 0 spiro atoms. The fourth-order valence-electron chi connectivity index (χ4n) is 3.28. The minimum absolute atomic E-state index is 0.978. The predicted octanol–water partition coefficient (Wildman–Crippen LogP) is 5.95. The highest BCUT2D eigenvalue weighted by Gasteiger charge is 2.16. The summed E-state index contributed by atoms with van der Waals surface area (Å²) in [7, 11) is 0. The van der Waals surface area contributed by atoms with Gasteiger partial charge in [0.25, 0.3) is 0 Å². The Bertz CT molecular complexity index is 138. The molecule has 0 saturated heterocycles. The third-order valence-electron chi connectivity index (χ3n) is 4.45. The van der Waals surface area contributed by atoms with E-state index in [-0.39, 0.29) is 0 Å². The lowest BCUT2D eigenvalue weighted by Crippen LogP contribution is -2.12. The quantitative estimate of drug-likeness (QED) is 0.555. The van der Waals surface area contributed by atoms with Gasteiger partial charge in [-0.05, 0) is 11.8 Å². The van der Waals surface area contributed by atoms with Gasteiger partial charge in [-0.25, -0.2) is 0 Å². The lowest BCUT2D eigenvalue weighted by molar-refractivity contribution is 0.282. The van der Waals surface area contributed by atoms with Crippen molar-refractivity contribution < 1.29 is 0 Å². The fourth-order valence-corrected chi connectivity index (χ4v) is 3.28. The van der Waals surface area contributed by atoms with E-state index in [1.54, 1.807) is 0 Å². The zero-order valence-electron chi connectivity index (χ0n) is 11.6.